The Kier molecular flexibility index (Phi) is 6.62. The van der Waals surface area contributed by atoms with Gasteiger partial charge in [-0.15, -0.1) is 0 Å². The fourth-order valence-corrected chi connectivity index (χ4v) is 2.84. The molecule has 2 aromatic rings. The smallest absolute Gasteiger partial charge is 0.341 e. The van der Waals surface area contributed by atoms with Gasteiger partial charge in [-0.1, -0.05) is 19.1 Å². The Morgan fingerprint density at radius 1 is 1.04 bits per heavy atom. The molecule has 0 aliphatic carbocycles. The predicted molar refractivity (Wildman–Crippen MR) is 94.4 cm³/mol. The van der Waals surface area contributed by atoms with E-state index in [9.17, 15) is 26.8 Å². The van der Waals surface area contributed by atoms with Crippen molar-refractivity contribution in [2.75, 3.05) is 11.9 Å². The van der Waals surface area contributed by atoms with Gasteiger partial charge in [-0.2, -0.15) is 8.78 Å². The fraction of sp³-hybridized carbons (Fsp3) is 0.222. The van der Waals surface area contributed by atoms with Gasteiger partial charge in [0.25, 0.3) is 5.91 Å². The van der Waals surface area contributed by atoms with E-state index in [1.807, 2.05) is 19.1 Å². The summed E-state index contributed by atoms with van der Waals surface area (Å²) in [5.41, 5.74) is 1.59. The number of nitrogens with one attached hydrogen (secondary N) is 1. The van der Waals surface area contributed by atoms with Crippen molar-refractivity contribution in [3.63, 3.8) is 0 Å². The quantitative estimate of drug-likeness (QED) is 0.726. The van der Waals surface area contributed by atoms with Crippen LogP contribution in [0.4, 0.5) is 14.5 Å². The molecule has 0 spiro atoms. The predicted octanol–water partition coefficient (Wildman–Crippen LogP) is 3.04. The van der Waals surface area contributed by atoms with Crippen molar-refractivity contribution < 1.29 is 31.5 Å². The van der Waals surface area contributed by atoms with Crippen LogP contribution in [-0.2, 0) is 25.8 Å². The molecule has 27 heavy (non-hydrogen) atoms. The third-order valence-electron chi connectivity index (χ3n) is 3.63. The standard InChI is InChI=1S/C18H17F2NO5S/c1-2-12-3-7-14(8-4-12)21-16(22)11-26-17(23)13-5-9-15(10-6-13)27(24,25)18(19)20/h3-10,18H,2,11H2,1H3,(H,21,22). The van der Waals surface area contributed by atoms with Crippen LogP contribution in [0.15, 0.2) is 53.4 Å². The topological polar surface area (TPSA) is 89.5 Å². The summed E-state index contributed by atoms with van der Waals surface area (Å²) >= 11 is 0. The number of halogens is 2. The number of anilines is 1. The highest BCUT2D eigenvalue weighted by Gasteiger charge is 2.26. The lowest BCUT2D eigenvalue weighted by Gasteiger charge is -2.08. The number of carbonyl (C=O) groups is 2. The van der Waals surface area contributed by atoms with Crippen molar-refractivity contribution in [3.8, 4) is 0 Å². The van der Waals surface area contributed by atoms with E-state index in [0.29, 0.717) is 5.69 Å². The Morgan fingerprint density at radius 3 is 2.15 bits per heavy atom. The number of aryl methyl sites for hydroxylation is 1. The van der Waals surface area contributed by atoms with E-state index in [4.69, 9.17) is 4.74 Å². The van der Waals surface area contributed by atoms with Crippen LogP contribution >= 0.6 is 0 Å². The lowest BCUT2D eigenvalue weighted by molar-refractivity contribution is -0.119. The summed E-state index contributed by atoms with van der Waals surface area (Å²) in [6, 6.07) is 11.0. The van der Waals surface area contributed by atoms with Crippen molar-refractivity contribution in [2.24, 2.45) is 0 Å². The molecule has 0 aliphatic rings. The van der Waals surface area contributed by atoms with Gasteiger partial charge in [0.1, 0.15) is 0 Å². The Bertz CT molecular complexity index is 910. The molecular weight excluding hydrogens is 380 g/mol. The van der Waals surface area contributed by atoms with Crippen LogP contribution in [0.1, 0.15) is 22.8 Å². The summed E-state index contributed by atoms with van der Waals surface area (Å²) in [6.07, 6.45) is 0.864. The Hall–Kier alpha value is -2.81. The molecule has 0 bridgehead atoms. The van der Waals surface area contributed by atoms with Crippen LogP contribution in [0.3, 0.4) is 0 Å². The molecule has 0 saturated carbocycles. The molecule has 1 amide bonds. The van der Waals surface area contributed by atoms with Crippen LogP contribution in [0.2, 0.25) is 0 Å². The van der Waals surface area contributed by atoms with E-state index in [0.717, 1.165) is 36.2 Å². The molecule has 0 aliphatic heterocycles. The van der Waals surface area contributed by atoms with Gasteiger partial charge in [-0.25, -0.2) is 13.2 Å². The maximum Gasteiger partial charge on any atom is 0.341 e. The third-order valence-corrected chi connectivity index (χ3v) is 5.03. The zero-order valence-electron chi connectivity index (χ0n) is 14.3. The molecule has 0 saturated heterocycles. The second-order valence-electron chi connectivity index (χ2n) is 5.50. The second kappa shape index (κ2) is 8.72. The molecular formula is C18H17F2NO5S. The number of amides is 1. The molecule has 6 nitrogen and oxygen atoms in total. The van der Waals surface area contributed by atoms with Gasteiger partial charge in [0.2, 0.25) is 9.84 Å². The summed E-state index contributed by atoms with van der Waals surface area (Å²) < 4.78 is 52.4. The number of carbonyl (C=O) groups excluding carboxylic acids is 2. The van der Waals surface area contributed by atoms with E-state index in [-0.39, 0.29) is 5.56 Å². The summed E-state index contributed by atoms with van der Waals surface area (Å²) in [6.45, 7) is 1.45. The van der Waals surface area contributed by atoms with Crippen LogP contribution in [-0.4, -0.2) is 32.7 Å². The van der Waals surface area contributed by atoms with E-state index in [2.05, 4.69) is 5.32 Å². The van der Waals surface area contributed by atoms with Gasteiger partial charge in [0, 0.05) is 5.69 Å². The number of sulfone groups is 1. The summed E-state index contributed by atoms with van der Waals surface area (Å²) in [4.78, 5) is 23.1. The van der Waals surface area contributed by atoms with Crippen LogP contribution in [0.25, 0.3) is 0 Å². The minimum absolute atomic E-state index is 0.0664. The van der Waals surface area contributed by atoms with Crippen molar-refractivity contribution >= 4 is 27.4 Å². The highest BCUT2D eigenvalue weighted by atomic mass is 32.2. The maximum atomic E-state index is 12.5. The lowest BCUT2D eigenvalue weighted by Crippen LogP contribution is -2.21. The first kappa shape index (κ1) is 20.5. The summed E-state index contributed by atoms with van der Waals surface area (Å²) in [5.74, 6) is -4.98. The molecule has 0 radical (unpaired) electrons. The highest BCUT2D eigenvalue weighted by molar-refractivity contribution is 7.91. The van der Waals surface area contributed by atoms with Crippen molar-refractivity contribution in [3.05, 3.63) is 59.7 Å². The molecule has 0 atom stereocenters. The molecule has 0 fully saturated rings. The van der Waals surface area contributed by atoms with E-state index >= 15 is 0 Å². The molecule has 0 unspecified atom stereocenters. The van der Waals surface area contributed by atoms with Crippen LogP contribution < -0.4 is 5.32 Å². The van der Waals surface area contributed by atoms with Gasteiger partial charge in [0.15, 0.2) is 6.61 Å². The number of esters is 1. The van der Waals surface area contributed by atoms with Gasteiger partial charge >= 0.3 is 11.7 Å². The highest BCUT2D eigenvalue weighted by Crippen LogP contribution is 2.19. The van der Waals surface area contributed by atoms with Gasteiger partial charge in [-0.3, -0.25) is 4.79 Å². The molecule has 2 aromatic carbocycles. The molecule has 0 heterocycles. The number of alkyl halides is 2. The average Bonchev–Trinajstić information content (AvgIpc) is 2.66. The van der Waals surface area contributed by atoms with Crippen molar-refractivity contribution in [1.29, 1.82) is 0 Å². The molecule has 1 N–H and O–H groups in total. The van der Waals surface area contributed by atoms with Crippen molar-refractivity contribution in [1.82, 2.24) is 0 Å². The molecule has 9 heteroatoms. The van der Waals surface area contributed by atoms with Gasteiger partial charge < -0.3 is 10.1 Å². The minimum Gasteiger partial charge on any atom is -0.452 e. The minimum atomic E-state index is -4.73. The van der Waals surface area contributed by atoms with E-state index in [1.54, 1.807) is 12.1 Å². The van der Waals surface area contributed by atoms with E-state index in [1.165, 1.54) is 0 Å². The third kappa shape index (κ3) is 5.33. The summed E-state index contributed by atoms with van der Waals surface area (Å²) in [7, 11) is -4.73. The lowest BCUT2D eigenvalue weighted by atomic mass is 10.1. The van der Waals surface area contributed by atoms with Crippen LogP contribution in [0.5, 0.6) is 0 Å². The Morgan fingerprint density at radius 2 is 1.63 bits per heavy atom. The average molecular weight is 397 g/mol. The molecule has 2 rings (SSSR count). The van der Waals surface area contributed by atoms with Crippen LogP contribution in [0, 0.1) is 0 Å². The zero-order chi connectivity index (χ0) is 20.0. The normalized spacial score (nSPS) is 11.3. The number of ether oxygens (including phenoxy) is 1. The molecule has 144 valence electrons. The van der Waals surface area contributed by atoms with Gasteiger partial charge in [0.05, 0.1) is 10.5 Å². The van der Waals surface area contributed by atoms with Crippen molar-refractivity contribution in [2.45, 2.75) is 24.0 Å². The van der Waals surface area contributed by atoms with Gasteiger partial charge in [-0.05, 0) is 48.4 Å². The number of benzene rings is 2. The largest absolute Gasteiger partial charge is 0.452 e. The summed E-state index contributed by atoms with van der Waals surface area (Å²) in [5, 5.41) is 2.56. The monoisotopic (exact) mass is 397 g/mol. The number of rotatable bonds is 7. The SMILES string of the molecule is CCc1ccc(NC(=O)COC(=O)c2ccc(S(=O)(=O)C(F)F)cc2)cc1. The number of hydrogen-bond acceptors (Lipinski definition) is 5. The fourth-order valence-electron chi connectivity index (χ4n) is 2.12. The first-order valence-electron chi connectivity index (χ1n) is 7.92. The van der Waals surface area contributed by atoms with E-state index < -0.39 is 39.0 Å². The second-order valence-corrected chi connectivity index (χ2v) is 7.42. The zero-order valence-corrected chi connectivity index (χ0v) is 15.1. The Labute approximate surface area is 155 Å². The first-order chi connectivity index (χ1) is 12.7. The molecule has 0 aromatic heterocycles. The maximum absolute atomic E-state index is 12.5. The Balaban J connectivity index is 1.92. The number of hydrogen-bond donors (Lipinski definition) is 1. The first-order valence-corrected chi connectivity index (χ1v) is 9.46.